The van der Waals surface area contributed by atoms with E-state index in [4.69, 9.17) is 10.5 Å². The molecule has 1 saturated heterocycles. The number of rotatable bonds is 1. The van der Waals surface area contributed by atoms with Crippen LogP contribution in [0.25, 0.3) is 0 Å². The number of hydrogen-bond acceptors (Lipinski definition) is 2. The third-order valence-electron chi connectivity index (χ3n) is 3.91. The molecule has 1 unspecified atom stereocenters. The SMILES string of the molecule is NC12CC(C3CCOC3)(C1)C2. The molecule has 4 fully saturated rings. The van der Waals surface area contributed by atoms with Crippen LogP contribution in [0.4, 0.5) is 0 Å². The Labute approximate surface area is 67.1 Å². The fraction of sp³-hybridized carbons (Fsp3) is 1.00. The van der Waals surface area contributed by atoms with Gasteiger partial charge in [0.15, 0.2) is 0 Å². The molecule has 1 atom stereocenters. The van der Waals surface area contributed by atoms with Gasteiger partial charge in [-0.05, 0) is 37.0 Å². The van der Waals surface area contributed by atoms with Gasteiger partial charge in [-0.3, -0.25) is 0 Å². The van der Waals surface area contributed by atoms with E-state index < -0.39 is 0 Å². The second-order valence-electron chi connectivity index (χ2n) is 4.82. The van der Waals surface area contributed by atoms with Gasteiger partial charge in [-0.2, -0.15) is 0 Å². The summed E-state index contributed by atoms with van der Waals surface area (Å²) in [5.41, 5.74) is 6.94. The maximum absolute atomic E-state index is 6.00. The zero-order chi connectivity index (χ0) is 7.53. The Kier molecular flexibility index (Phi) is 0.961. The van der Waals surface area contributed by atoms with Crippen LogP contribution in [0.5, 0.6) is 0 Å². The van der Waals surface area contributed by atoms with Crippen molar-refractivity contribution in [1.82, 2.24) is 0 Å². The van der Waals surface area contributed by atoms with Crippen molar-refractivity contribution in [3.63, 3.8) is 0 Å². The van der Waals surface area contributed by atoms with Crippen LogP contribution in [-0.2, 0) is 4.74 Å². The number of hydrogen-bond donors (Lipinski definition) is 1. The minimum absolute atomic E-state index is 0.280. The molecule has 0 amide bonds. The maximum atomic E-state index is 6.00. The number of nitrogens with two attached hydrogens (primary N) is 1. The Morgan fingerprint density at radius 3 is 2.45 bits per heavy atom. The Balaban J connectivity index is 1.72. The molecule has 4 aliphatic rings. The number of ether oxygens (including phenoxy) is 1. The molecule has 2 heteroatoms. The van der Waals surface area contributed by atoms with Crippen molar-refractivity contribution >= 4 is 0 Å². The molecule has 0 aromatic rings. The fourth-order valence-corrected chi connectivity index (χ4v) is 3.40. The molecule has 1 aliphatic heterocycles. The highest BCUT2D eigenvalue weighted by Gasteiger charge is 2.68. The monoisotopic (exact) mass is 153 g/mol. The molecular formula is C9H15NO. The summed E-state index contributed by atoms with van der Waals surface area (Å²) in [5, 5.41) is 0. The van der Waals surface area contributed by atoms with Crippen molar-refractivity contribution in [2.24, 2.45) is 17.1 Å². The van der Waals surface area contributed by atoms with E-state index in [0.717, 1.165) is 19.1 Å². The summed E-state index contributed by atoms with van der Waals surface area (Å²) in [5.74, 6) is 0.855. The van der Waals surface area contributed by atoms with E-state index in [1.807, 2.05) is 0 Å². The van der Waals surface area contributed by atoms with Gasteiger partial charge in [-0.1, -0.05) is 0 Å². The average Bonchev–Trinajstić information content (AvgIpc) is 2.28. The largest absolute Gasteiger partial charge is 0.381 e. The van der Waals surface area contributed by atoms with E-state index in [1.165, 1.54) is 25.7 Å². The van der Waals surface area contributed by atoms with Crippen molar-refractivity contribution in [3.05, 3.63) is 0 Å². The van der Waals surface area contributed by atoms with Crippen LogP contribution in [0.2, 0.25) is 0 Å². The highest BCUT2D eigenvalue weighted by atomic mass is 16.5. The smallest absolute Gasteiger partial charge is 0.0500 e. The minimum Gasteiger partial charge on any atom is -0.381 e. The molecule has 0 aromatic heterocycles. The van der Waals surface area contributed by atoms with Crippen molar-refractivity contribution in [2.45, 2.75) is 31.2 Å². The first kappa shape index (κ1) is 6.44. The molecule has 11 heavy (non-hydrogen) atoms. The van der Waals surface area contributed by atoms with Crippen LogP contribution in [0.3, 0.4) is 0 Å². The predicted molar refractivity (Wildman–Crippen MR) is 42.1 cm³/mol. The lowest BCUT2D eigenvalue weighted by Gasteiger charge is -2.71. The van der Waals surface area contributed by atoms with Gasteiger partial charge in [0.2, 0.25) is 0 Å². The Morgan fingerprint density at radius 2 is 2.00 bits per heavy atom. The van der Waals surface area contributed by atoms with Crippen LogP contribution in [0.1, 0.15) is 25.7 Å². The highest BCUT2D eigenvalue weighted by molar-refractivity contribution is 5.23. The van der Waals surface area contributed by atoms with E-state index >= 15 is 0 Å². The molecule has 2 bridgehead atoms. The predicted octanol–water partition coefficient (Wildman–Crippen LogP) is 0.904. The summed E-state index contributed by atoms with van der Waals surface area (Å²) in [6, 6.07) is 0. The average molecular weight is 153 g/mol. The normalized spacial score (nSPS) is 60.3. The van der Waals surface area contributed by atoms with Gasteiger partial charge in [0.1, 0.15) is 0 Å². The lowest BCUT2D eigenvalue weighted by atomic mass is 9.36. The first-order chi connectivity index (χ1) is 5.23. The Hall–Kier alpha value is -0.0800. The van der Waals surface area contributed by atoms with Crippen LogP contribution >= 0.6 is 0 Å². The maximum Gasteiger partial charge on any atom is 0.0500 e. The second kappa shape index (κ2) is 1.64. The van der Waals surface area contributed by atoms with Gasteiger partial charge in [-0.25, -0.2) is 0 Å². The third kappa shape index (κ3) is 0.651. The molecule has 3 saturated carbocycles. The highest BCUT2D eigenvalue weighted by Crippen LogP contribution is 2.70. The Morgan fingerprint density at radius 1 is 1.27 bits per heavy atom. The zero-order valence-electron chi connectivity index (χ0n) is 6.81. The van der Waals surface area contributed by atoms with Gasteiger partial charge in [0.25, 0.3) is 0 Å². The molecule has 4 rings (SSSR count). The molecule has 0 spiro atoms. The molecule has 62 valence electrons. The van der Waals surface area contributed by atoms with Crippen molar-refractivity contribution in [2.75, 3.05) is 13.2 Å². The summed E-state index contributed by atoms with van der Waals surface area (Å²) in [4.78, 5) is 0. The van der Waals surface area contributed by atoms with E-state index in [0.29, 0.717) is 5.41 Å². The first-order valence-electron chi connectivity index (χ1n) is 4.59. The van der Waals surface area contributed by atoms with Gasteiger partial charge < -0.3 is 10.5 Å². The van der Waals surface area contributed by atoms with E-state index in [9.17, 15) is 0 Å². The summed E-state index contributed by atoms with van der Waals surface area (Å²) < 4.78 is 5.40. The van der Waals surface area contributed by atoms with Crippen molar-refractivity contribution in [1.29, 1.82) is 0 Å². The van der Waals surface area contributed by atoms with Crippen molar-refractivity contribution < 1.29 is 4.74 Å². The molecule has 1 heterocycles. The molecule has 2 N–H and O–H groups in total. The quantitative estimate of drug-likeness (QED) is 0.607. The van der Waals surface area contributed by atoms with Crippen LogP contribution in [0, 0.1) is 11.3 Å². The Bertz CT molecular complexity index is 176. The minimum atomic E-state index is 0.280. The molecule has 2 nitrogen and oxygen atoms in total. The lowest BCUT2D eigenvalue weighted by molar-refractivity contribution is -0.171. The molecular weight excluding hydrogens is 138 g/mol. The summed E-state index contributed by atoms with van der Waals surface area (Å²) >= 11 is 0. The topological polar surface area (TPSA) is 35.2 Å². The van der Waals surface area contributed by atoms with E-state index in [2.05, 4.69) is 0 Å². The van der Waals surface area contributed by atoms with Crippen molar-refractivity contribution in [3.8, 4) is 0 Å². The molecule has 0 aromatic carbocycles. The second-order valence-corrected chi connectivity index (χ2v) is 4.82. The fourth-order valence-electron chi connectivity index (χ4n) is 3.40. The van der Waals surface area contributed by atoms with Crippen LogP contribution < -0.4 is 5.73 Å². The van der Waals surface area contributed by atoms with E-state index in [1.54, 1.807) is 0 Å². The van der Waals surface area contributed by atoms with E-state index in [-0.39, 0.29) is 5.54 Å². The summed E-state index contributed by atoms with van der Waals surface area (Å²) in [6.45, 7) is 2.00. The van der Waals surface area contributed by atoms with Gasteiger partial charge >= 0.3 is 0 Å². The summed E-state index contributed by atoms with van der Waals surface area (Å²) in [7, 11) is 0. The first-order valence-corrected chi connectivity index (χ1v) is 4.59. The lowest BCUT2D eigenvalue weighted by Crippen LogP contribution is -2.74. The van der Waals surface area contributed by atoms with Gasteiger partial charge in [0, 0.05) is 18.8 Å². The van der Waals surface area contributed by atoms with Crippen LogP contribution in [-0.4, -0.2) is 18.8 Å². The van der Waals surface area contributed by atoms with Gasteiger partial charge in [-0.15, -0.1) is 0 Å². The third-order valence-corrected chi connectivity index (χ3v) is 3.91. The van der Waals surface area contributed by atoms with Crippen LogP contribution in [0.15, 0.2) is 0 Å². The van der Waals surface area contributed by atoms with Gasteiger partial charge in [0.05, 0.1) is 0 Å². The standard InChI is InChI=1S/C9H15NO/c10-9-4-8(5-9,6-9)7-1-2-11-3-7/h7H,1-6,10H2. The molecule has 0 radical (unpaired) electrons. The zero-order valence-corrected chi connectivity index (χ0v) is 6.81. The summed E-state index contributed by atoms with van der Waals surface area (Å²) in [6.07, 6.45) is 5.14. The molecule has 3 aliphatic carbocycles.